The van der Waals surface area contributed by atoms with Gasteiger partial charge in [0.25, 0.3) is 0 Å². The number of rotatable bonds is 4. The van der Waals surface area contributed by atoms with Crippen LogP contribution in [0.4, 0.5) is 0 Å². The first-order valence-electron chi connectivity index (χ1n) is 4.15. The van der Waals surface area contributed by atoms with E-state index in [2.05, 4.69) is 17.1 Å². The van der Waals surface area contributed by atoms with E-state index < -0.39 is 0 Å². The molecule has 0 aliphatic heterocycles. The third kappa shape index (κ3) is 2.42. The zero-order valence-electron chi connectivity index (χ0n) is 7.16. The molecule has 0 fully saturated rings. The maximum absolute atomic E-state index is 11.3. The Morgan fingerprint density at radius 2 is 2.42 bits per heavy atom. The Morgan fingerprint density at radius 3 is 3.00 bits per heavy atom. The van der Waals surface area contributed by atoms with Crippen LogP contribution in [0.1, 0.15) is 36.7 Å². The average Bonchev–Trinajstić information content (AvgIpc) is 2.15. The molecule has 0 bridgehead atoms. The summed E-state index contributed by atoms with van der Waals surface area (Å²) in [7, 11) is 0. The molecule has 0 atom stereocenters. The minimum Gasteiger partial charge on any atom is -0.292 e. The summed E-state index contributed by atoms with van der Waals surface area (Å²) >= 11 is 0. The molecule has 0 unspecified atom stereocenters. The van der Waals surface area contributed by atoms with Crippen molar-refractivity contribution in [3.05, 3.63) is 24.0 Å². The predicted octanol–water partition coefficient (Wildman–Crippen LogP) is 1.85. The summed E-state index contributed by atoms with van der Waals surface area (Å²) in [6.07, 6.45) is 4.10. The molecule has 0 aliphatic carbocycles. The molecule has 0 aromatic carbocycles. The molecular weight excluding hydrogens is 152 g/mol. The van der Waals surface area contributed by atoms with E-state index in [1.807, 2.05) is 0 Å². The van der Waals surface area contributed by atoms with Gasteiger partial charge in [-0.1, -0.05) is 13.3 Å². The fourth-order valence-electron chi connectivity index (χ4n) is 0.916. The number of carbonyl (C=O) groups excluding carboxylic acids is 1. The molecule has 64 valence electrons. The zero-order valence-corrected chi connectivity index (χ0v) is 7.16. The van der Waals surface area contributed by atoms with Gasteiger partial charge < -0.3 is 0 Å². The first-order valence-corrected chi connectivity index (χ1v) is 4.15. The second kappa shape index (κ2) is 4.59. The maximum atomic E-state index is 11.3. The van der Waals surface area contributed by atoms with Crippen LogP contribution in [-0.2, 0) is 0 Å². The number of hydrogen-bond acceptors (Lipinski definition) is 3. The minimum atomic E-state index is 0.0879. The lowest BCUT2D eigenvalue weighted by Crippen LogP contribution is -2.02. The maximum Gasteiger partial charge on any atom is 0.183 e. The monoisotopic (exact) mass is 164 g/mol. The van der Waals surface area contributed by atoms with E-state index in [4.69, 9.17) is 0 Å². The molecule has 1 aromatic rings. The van der Waals surface area contributed by atoms with Crippen molar-refractivity contribution in [3.8, 4) is 0 Å². The molecule has 0 amide bonds. The van der Waals surface area contributed by atoms with Crippen molar-refractivity contribution in [2.24, 2.45) is 0 Å². The quantitative estimate of drug-likeness (QED) is 0.638. The van der Waals surface area contributed by atoms with E-state index >= 15 is 0 Å². The number of aromatic nitrogens is 2. The van der Waals surface area contributed by atoms with Crippen LogP contribution in [0.25, 0.3) is 0 Å². The Bertz CT molecular complexity index is 246. The van der Waals surface area contributed by atoms with Gasteiger partial charge in [-0.2, -0.15) is 5.10 Å². The molecule has 0 N–H and O–H groups in total. The highest BCUT2D eigenvalue weighted by atomic mass is 16.1. The average molecular weight is 164 g/mol. The number of hydrogen-bond donors (Lipinski definition) is 0. The van der Waals surface area contributed by atoms with Gasteiger partial charge in [-0.15, -0.1) is 5.10 Å². The minimum absolute atomic E-state index is 0.0879. The molecule has 0 saturated carbocycles. The number of unbranched alkanes of at least 4 members (excludes halogenated alkanes) is 1. The summed E-state index contributed by atoms with van der Waals surface area (Å²) in [4.78, 5) is 11.3. The van der Waals surface area contributed by atoms with E-state index in [1.165, 1.54) is 0 Å². The van der Waals surface area contributed by atoms with Gasteiger partial charge in [-0.25, -0.2) is 0 Å². The van der Waals surface area contributed by atoms with Crippen molar-refractivity contribution < 1.29 is 4.79 Å². The van der Waals surface area contributed by atoms with Gasteiger partial charge in [-0.05, 0) is 18.6 Å². The summed E-state index contributed by atoms with van der Waals surface area (Å²) in [5.41, 5.74) is 0.478. The fourth-order valence-corrected chi connectivity index (χ4v) is 0.916. The van der Waals surface area contributed by atoms with Gasteiger partial charge in [0.2, 0.25) is 0 Å². The van der Waals surface area contributed by atoms with Gasteiger partial charge in [0, 0.05) is 12.6 Å². The Balaban J connectivity index is 2.54. The van der Waals surface area contributed by atoms with Gasteiger partial charge in [-0.3, -0.25) is 4.79 Å². The van der Waals surface area contributed by atoms with Crippen molar-refractivity contribution >= 4 is 5.78 Å². The smallest absolute Gasteiger partial charge is 0.183 e. The Hall–Kier alpha value is -1.25. The molecule has 0 saturated heterocycles. The standard InChI is InChI=1S/C9H12N2O/c1-2-3-6-9(12)8-5-4-7-10-11-8/h4-5,7H,2-3,6H2,1H3. The highest BCUT2D eigenvalue weighted by Crippen LogP contribution is 2.02. The number of ketones is 1. The van der Waals surface area contributed by atoms with E-state index in [-0.39, 0.29) is 5.78 Å². The lowest BCUT2D eigenvalue weighted by atomic mass is 10.1. The lowest BCUT2D eigenvalue weighted by Gasteiger charge is -1.95. The van der Waals surface area contributed by atoms with Crippen LogP contribution in [0, 0.1) is 0 Å². The lowest BCUT2D eigenvalue weighted by molar-refractivity contribution is 0.0974. The van der Waals surface area contributed by atoms with Crippen LogP contribution in [0.2, 0.25) is 0 Å². The molecule has 1 rings (SSSR count). The van der Waals surface area contributed by atoms with Crippen LogP contribution in [0.5, 0.6) is 0 Å². The Morgan fingerprint density at radius 1 is 1.58 bits per heavy atom. The summed E-state index contributed by atoms with van der Waals surface area (Å²) in [5, 5.41) is 7.38. The molecule has 3 nitrogen and oxygen atoms in total. The molecule has 1 aromatic heterocycles. The zero-order chi connectivity index (χ0) is 8.81. The van der Waals surface area contributed by atoms with Crippen LogP contribution >= 0.6 is 0 Å². The Labute approximate surface area is 71.8 Å². The predicted molar refractivity (Wildman–Crippen MR) is 45.9 cm³/mol. The van der Waals surface area contributed by atoms with E-state index in [9.17, 15) is 4.79 Å². The van der Waals surface area contributed by atoms with E-state index in [1.54, 1.807) is 18.3 Å². The molecule has 3 heteroatoms. The molecule has 0 spiro atoms. The largest absolute Gasteiger partial charge is 0.292 e. The molecule has 1 heterocycles. The van der Waals surface area contributed by atoms with Crippen molar-refractivity contribution in [1.82, 2.24) is 10.2 Å². The van der Waals surface area contributed by atoms with Crippen LogP contribution in [0.15, 0.2) is 18.3 Å². The fraction of sp³-hybridized carbons (Fsp3) is 0.444. The second-order valence-corrected chi connectivity index (χ2v) is 2.64. The number of carbonyl (C=O) groups is 1. The normalized spacial score (nSPS) is 9.75. The SMILES string of the molecule is CCCCC(=O)c1cccnn1. The van der Waals surface area contributed by atoms with Crippen LogP contribution in [-0.4, -0.2) is 16.0 Å². The third-order valence-corrected chi connectivity index (χ3v) is 1.62. The summed E-state index contributed by atoms with van der Waals surface area (Å²) in [6, 6.07) is 3.43. The summed E-state index contributed by atoms with van der Waals surface area (Å²) < 4.78 is 0. The summed E-state index contributed by atoms with van der Waals surface area (Å²) in [6.45, 7) is 2.06. The highest BCUT2D eigenvalue weighted by Gasteiger charge is 2.05. The number of nitrogens with zero attached hydrogens (tertiary/aromatic N) is 2. The van der Waals surface area contributed by atoms with Crippen LogP contribution < -0.4 is 0 Å². The third-order valence-electron chi connectivity index (χ3n) is 1.62. The number of Topliss-reactive ketones (excluding diaryl/α,β-unsaturated/α-hetero) is 1. The first kappa shape index (κ1) is 8.84. The topological polar surface area (TPSA) is 42.9 Å². The van der Waals surface area contributed by atoms with E-state index in [0.717, 1.165) is 12.8 Å². The van der Waals surface area contributed by atoms with Crippen molar-refractivity contribution in [3.63, 3.8) is 0 Å². The van der Waals surface area contributed by atoms with E-state index in [0.29, 0.717) is 12.1 Å². The second-order valence-electron chi connectivity index (χ2n) is 2.64. The van der Waals surface area contributed by atoms with Gasteiger partial charge >= 0.3 is 0 Å². The highest BCUT2D eigenvalue weighted by molar-refractivity contribution is 5.93. The van der Waals surface area contributed by atoms with Crippen molar-refractivity contribution in [2.75, 3.05) is 0 Å². The summed E-state index contributed by atoms with van der Waals surface area (Å²) in [5.74, 6) is 0.0879. The van der Waals surface area contributed by atoms with Crippen molar-refractivity contribution in [2.45, 2.75) is 26.2 Å². The Kier molecular flexibility index (Phi) is 3.38. The molecular formula is C9H12N2O. The van der Waals surface area contributed by atoms with Crippen molar-refractivity contribution in [1.29, 1.82) is 0 Å². The van der Waals surface area contributed by atoms with Gasteiger partial charge in [0.15, 0.2) is 5.78 Å². The molecule has 0 radical (unpaired) electrons. The van der Waals surface area contributed by atoms with Gasteiger partial charge in [0.1, 0.15) is 5.69 Å². The first-order chi connectivity index (χ1) is 5.84. The van der Waals surface area contributed by atoms with Gasteiger partial charge in [0.05, 0.1) is 0 Å². The molecule has 0 aliphatic rings. The van der Waals surface area contributed by atoms with Crippen LogP contribution in [0.3, 0.4) is 0 Å². The molecule has 12 heavy (non-hydrogen) atoms.